The van der Waals surface area contributed by atoms with E-state index >= 15 is 0 Å². The second-order valence-electron chi connectivity index (χ2n) is 4.18. The van der Waals surface area contributed by atoms with Gasteiger partial charge < -0.3 is 5.32 Å². The van der Waals surface area contributed by atoms with Gasteiger partial charge in [-0.25, -0.2) is 13.1 Å². The highest BCUT2D eigenvalue weighted by Gasteiger charge is 2.19. The molecular formula is C10H15BrClN3O2S2. The fourth-order valence-electron chi connectivity index (χ4n) is 1.80. The number of hydrogen-bond acceptors (Lipinski definition) is 5. The molecular weight excluding hydrogens is 374 g/mol. The van der Waals surface area contributed by atoms with Crippen LogP contribution in [0.25, 0.3) is 0 Å². The van der Waals surface area contributed by atoms with Gasteiger partial charge in [-0.2, -0.15) is 0 Å². The zero-order valence-corrected chi connectivity index (χ0v) is 14.1. The van der Waals surface area contributed by atoms with Crippen LogP contribution in [0.3, 0.4) is 0 Å². The average Bonchev–Trinajstić information content (AvgIpc) is 2.72. The SMILES string of the molecule is O=S(=O)(NCCN1CCNCC1)c1cc(Cl)c(Br)s1. The van der Waals surface area contributed by atoms with Crippen molar-refractivity contribution in [3.8, 4) is 0 Å². The molecule has 108 valence electrons. The molecule has 1 aromatic heterocycles. The van der Waals surface area contributed by atoms with E-state index in [2.05, 4.69) is 30.9 Å². The van der Waals surface area contributed by atoms with Crippen molar-refractivity contribution in [3.05, 3.63) is 14.9 Å². The zero-order chi connectivity index (χ0) is 13.9. The van der Waals surface area contributed by atoms with Gasteiger partial charge in [0, 0.05) is 39.3 Å². The third-order valence-corrected chi connectivity index (χ3v) is 7.23. The lowest BCUT2D eigenvalue weighted by Crippen LogP contribution is -2.46. The van der Waals surface area contributed by atoms with Gasteiger partial charge in [0.25, 0.3) is 0 Å². The minimum Gasteiger partial charge on any atom is -0.314 e. The van der Waals surface area contributed by atoms with E-state index in [1.54, 1.807) is 0 Å². The van der Waals surface area contributed by atoms with Crippen LogP contribution in [0.4, 0.5) is 0 Å². The molecule has 0 radical (unpaired) electrons. The van der Waals surface area contributed by atoms with Gasteiger partial charge in [0.15, 0.2) is 0 Å². The first-order valence-corrected chi connectivity index (χ1v) is 9.34. The van der Waals surface area contributed by atoms with Crippen molar-refractivity contribution in [1.82, 2.24) is 14.9 Å². The standard InChI is InChI=1S/C10H15BrClN3O2S2/c11-10-8(12)7-9(18-10)19(16,17)14-3-6-15-4-1-13-2-5-15/h7,13-14H,1-6H2. The van der Waals surface area contributed by atoms with Gasteiger partial charge in [-0.3, -0.25) is 4.90 Å². The topological polar surface area (TPSA) is 61.4 Å². The summed E-state index contributed by atoms with van der Waals surface area (Å²) < 4.78 is 27.5. The molecule has 19 heavy (non-hydrogen) atoms. The Labute approximate surface area is 130 Å². The molecule has 5 nitrogen and oxygen atoms in total. The third-order valence-electron chi connectivity index (χ3n) is 2.82. The highest BCUT2D eigenvalue weighted by molar-refractivity contribution is 9.11. The first-order chi connectivity index (χ1) is 8.99. The lowest BCUT2D eigenvalue weighted by atomic mass is 10.3. The van der Waals surface area contributed by atoms with Crippen molar-refractivity contribution in [2.45, 2.75) is 4.21 Å². The predicted octanol–water partition coefficient (Wildman–Crippen LogP) is 1.35. The van der Waals surface area contributed by atoms with E-state index < -0.39 is 10.0 Å². The van der Waals surface area contributed by atoms with Crippen LogP contribution in [0.5, 0.6) is 0 Å². The summed E-state index contributed by atoms with van der Waals surface area (Å²) >= 11 is 10.2. The molecule has 0 bridgehead atoms. The van der Waals surface area contributed by atoms with E-state index in [1.807, 2.05) is 0 Å². The molecule has 2 rings (SSSR count). The fraction of sp³-hybridized carbons (Fsp3) is 0.600. The maximum Gasteiger partial charge on any atom is 0.250 e. The van der Waals surface area contributed by atoms with Crippen LogP contribution >= 0.6 is 38.9 Å². The Morgan fingerprint density at radius 3 is 2.74 bits per heavy atom. The summed E-state index contributed by atoms with van der Waals surface area (Å²) in [6.07, 6.45) is 0. The molecule has 9 heteroatoms. The average molecular weight is 389 g/mol. The third kappa shape index (κ3) is 4.38. The van der Waals surface area contributed by atoms with E-state index in [-0.39, 0.29) is 4.21 Å². The van der Waals surface area contributed by atoms with E-state index in [9.17, 15) is 8.42 Å². The van der Waals surface area contributed by atoms with E-state index in [0.29, 0.717) is 15.4 Å². The van der Waals surface area contributed by atoms with Crippen LogP contribution in [0, 0.1) is 0 Å². The van der Waals surface area contributed by atoms with E-state index in [1.165, 1.54) is 6.07 Å². The molecule has 2 N–H and O–H groups in total. The molecule has 0 atom stereocenters. The largest absolute Gasteiger partial charge is 0.314 e. The molecule has 1 aromatic rings. The van der Waals surface area contributed by atoms with Crippen LogP contribution in [0.2, 0.25) is 5.02 Å². The quantitative estimate of drug-likeness (QED) is 0.799. The van der Waals surface area contributed by atoms with Crippen LogP contribution in [-0.2, 0) is 10.0 Å². The summed E-state index contributed by atoms with van der Waals surface area (Å²) in [5.41, 5.74) is 0. The number of nitrogens with one attached hydrogen (secondary N) is 2. The Morgan fingerprint density at radius 1 is 1.47 bits per heavy atom. The van der Waals surface area contributed by atoms with Gasteiger partial charge in [0.05, 0.1) is 8.81 Å². The normalized spacial score (nSPS) is 17.8. The van der Waals surface area contributed by atoms with Crippen molar-refractivity contribution in [3.63, 3.8) is 0 Å². The highest BCUT2D eigenvalue weighted by atomic mass is 79.9. The summed E-state index contributed by atoms with van der Waals surface area (Å²) in [5, 5.41) is 3.68. The van der Waals surface area contributed by atoms with Crippen LogP contribution in [0.1, 0.15) is 0 Å². The van der Waals surface area contributed by atoms with Crippen molar-refractivity contribution in [1.29, 1.82) is 0 Å². The molecule has 1 fully saturated rings. The lowest BCUT2D eigenvalue weighted by molar-refractivity contribution is 0.245. The molecule has 0 amide bonds. The summed E-state index contributed by atoms with van der Waals surface area (Å²) in [6, 6.07) is 1.46. The minimum absolute atomic E-state index is 0.240. The number of halogens is 2. The van der Waals surface area contributed by atoms with Gasteiger partial charge in [-0.15, -0.1) is 11.3 Å². The maximum absolute atomic E-state index is 12.0. The minimum atomic E-state index is -3.45. The maximum atomic E-state index is 12.0. The van der Waals surface area contributed by atoms with Crippen LogP contribution in [-0.4, -0.2) is 52.6 Å². The van der Waals surface area contributed by atoms with Gasteiger partial charge in [0.1, 0.15) is 4.21 Å². The summed E-state index contributed by atoms with van der Waals surface area (Å²) in [6.45, 7) is 4.97. The molecule has 0 unspecified atom stereocenters. The van der Waals surface area contributed by atoms with Gasteiger partial charge in [-0.1, -0.05) is 11.6 Å². The fourth-order valence-corrected chi connectivity index (χ4v) is 5.27. The molecule has 0 spiro atoms. The second kappa shape index (κ2) is 6.84. The highest BCUT2D eigenvalue weighted by Crippen LogP contribution is 2.34. The van der Waals surface area contributed by atoms with Crippen LogP contribution < -0.4 is 10.0 Å². The van der Waals surface area contributed by atoms with Gasteiger partial charge in [0.2, 0.25) is 10.0 Å². The molecule has 0 aliphatic carbocycles. The Morgan fingerprint density at radius 2 is 2.16 bits per heavy atom. The second-order valence-corrected chi connectivity index (χ2v) is 8.95. The monoisotopic (exact) mass is 387 g/mol. The van der Waals surface area contributed by atoms with E-state index in [4.69, 9.17) is 11.6 Å². The molecule has 0 saturated carbocycles. The Bertz CT molecular complexity index is 509. The smallest absolute Gasteiger partial charge is 0.250 e. The number of nitrogens with zero attached hydrogens (tertiary/aromatic N) is 1. The number of thiophene rings is 1. The molecule has 1 aliphatic heterocycles. The Hall–Kier alpha value is 0.300. The Kier molecular flexibility index (Phi) is 5.65. The van der Waals surface area contributed by atoms with E-state index in [0.717, 1.165) is 44.1 Å². The molecule has 1 aliphatic rings. The molecule has 0 aromatic carbocycles. The van der Waals surface area contributed by atoms with Gasteiger partial charge >= 0.3 is 0 Å². The zero-order valence-electron chi connectivity index (χ0n) is 10.2. The summed E-state index contributed by atoms with van der Waals surface area (Å²) in [7, 11) is -3.45. The Balaban J connectivity index is 1.87. The number of piperazine rings is 1. The molecule has 1 saturated heterocycles. The van der Waals surface area contributed by atoms with Crippen molar-refractivity contribution in [2.75, 3.05) is 39.3 Å². The van der Waals surface area contributed by atoms with Gasteiger partial charge in [-0.05, 0) is 22.0 Å². The first kappa shape index (κ1) is 15.7. The summed E-state index contributed by atoms with van der Waals surface area (Å²) in [5.74, 6) is 0. The number of sulfonamides is 1. The number of rotatable bonds is 5. The number of hydrogen-bond donors (Lipinski definition) is 2. The first-order valence-electron chi connectivity index (χ1n) is 5.86. The molecule has 2 heterocycles. The van der Waals surface area contributed by atoms with Crippen molar-refractivity contribution >= 4 is 48.9 Å². The summed E-state index contributed by atoms with van der Waals surface area (Å²) in [4.78, 5) is 2.23. The van der Waals surface area contributed by atoms with Crippen LogP contribution in [0.15, 0.2) is 14.1 Å². The van der Waals surface area contributed by atoms with Crippen molar-refractivity contribution < 1.29 is 8.42 Å². The lowest BCUT2D eigenvalue weighted by Gasteiger charge is -2.26. The van der Waals surface area contributed by atoms with Crippen molar-refractivity contribution in [2.24, 2.45) is 0 Å². The predicted molar refractivity (Wildman–Crippen MR) is 81.5 cm³/mol.